The van der Waals surface area contributed by atoms with Crippen molar-refractivity contribution in [1.82, 2.24) is 9.97 Å². The molecule has 0 unspecified atom stereocenters. The van der Waals surface area contributed by atoms with E-state index in [1.165, 1.54) is 19.1 Å². The van der Waals surface area contributed by atoms with E-state index in [0.717, 1.165) is 19.6 Å². The normalized spacial score (nSPS) is 10.6. The van der Waals surface area contributed by atoms with Gasteiger partial charge in [-0.2, -0.15) is 0 Å². The number of hydrogen-bond donors (Lipinski definition) is 0. The molecule has 138 valence electrons. The Morgan fingerprint density at radius 2 is 1.59 bits per heavy atom. The van der Waals surface area contributed by atoms with Crippen molar-refractivity contribution in [3.8, 4) is 22.6 Å². The van der Waals surface area contributed by atoms with Crippen LogP contribution in [0.25, 0.3) is 22.6 Å². The summed E-state index contributed by atoms with van der Waals surface area (Å²) in [6.45, 7) is 1.44. The number of rotatable bonds is 5. The van der Waals surface area contributed by atoms with Crippen LogP contribution in [-0.4, -0.2) is 32.9 Å². The van der Waals surface area contributed by atoms with E-state index in [1.54, 1.807) is 0 Å². The van der Waals surface area contributed by atoms with Gasteiger partial charge < -0.3 is 13.6 Å². The van der Waals surface area contributed by atoms with Crippen LogP contribution in [0.5, 0.6) is 0 Å². The Morgan fingerprint density at radius 1 is 1.04 bits per heavy atom. The molecule has 0 aliphatic carbocycles. The molecular weight excluding hydrogens is 364 g/mol. The van der Waals surface area contributed by atoms with E-state index in [9.17, 15) is 25.0 Å². The molecule has 0 bridgehead atoms. The molecule has 12 heteroatoms. The van der Waals surface area contributed by atoms with Gasteiger partial charge in [0.25, 0.3) is 0 Å². The summed E-state index contributed by atoms with van der Waals surface area (Å²) < 4.78 is 14.4. The molecule has 12 nitrogen and oxygen atoms in total. The number of ether oxygens (including phenoxy) is 1. The van der Waals surface area contributed by atoms with Gasteiger partial charge >= 0.3 is 17.7 Å². The van der Waals surface area contributed by atoms with Gasteiger partial charge in [-0.25, -0.2) is 14.8 Å². The molecular formula is C15H10N4O8. The first-order chi connectivity index (χ1) is 12.8. The summed E-state index contributed by atoms with van der Waals surface area (Å²) in [7, 11) is 1.13. The van der Waals surface area contributed by atoms with Crippen LogP contribution >= 0.6 is 0 Å². The summed E-state index contributed by atoms with van der Waals surface area (Å²) in [5.74, 6) is -2.23. The van der Waals surface area contributed by atoms with Crippen LogP contribution in [-0.2, 0) is 4.74 Å². The van der Waals surface area contributed by atoms with Gasteiger partial charge in [-0.05, 0) is 19.1 Å². The molecule has 0 saturated carbocycles. The van der Waals surface area contributed by atoms with Gasteiger partial charge in [0.1, 0.15) is 26.5 Å². The summed E-state index contributed by atoms with van der Waals surface area (Å²) in [6.07, 6.45) is 2.15. The fraction of sp³-hybridized carbons (Fsp3) is 0.133. The molecule has 3 aromatic rings. The number of aryl methyl sites for hydroxylation is 1. The number of nitro groups is 2. The van der Waals surface area contributed by atoms with E-state index in [1.807, 2.05) is 0 Å². The van der Waals surface area contributed by atoms with Crippen molar-refractivity contribution < 1.29 is 28.2 Å². The number of nitrogens with zero attached hydrogens (tertiary/aromatic N) is 4. The second-order valence-electron chi connectivity index (χ2n) is 5.14. The summed E-state index contributed by atoms with van der Waals surface area (Å²) in [5.41, 5.74) is -0.324. The Kier molecular flexibility index (Phi) is 4.38. The zero-order valence-corrected chi connectivity index (χ0v) is 13.9. The topological polar surface area (TPSA) is 165 Å². The highest BCUT2D eigenvalue weighted by Crippen LogP contribution is 2.36. The molecule has 0 aliphatic rings. The van der Waals surface area contributed by atoms with Crippen LogP contribution in [0, 0.1) is 27.2 Å². The molecule has 0 N–H and O–H groups in total. The molecule has 0 spiro atoms. The summed E-state index contributed by atoms with van der Waals surface area (Å²) >= 11 is 0. The molecule has 0 fully saturated rings. The standard InChI is InChI=1S/C15H10N4O8/c1-7-10(15(20)25-2)11(8-3-5-26-13(8)18(21)22)17-12(16-7)9-4-6-27-14(9)19(23)24/h3-6H,1-2H3. The second-order valence-corrected chi connectivity index (χ2v) is 5.14. The SMILES string of the molecule is COC(=O)c1c(C)nc(-c2ccoc2[N+](=O)[O-])nc1-c1ccoc1[N+](=O)[O-]. The quantitative estimate of drug-likeness (QED) is 0.368. The number of furan rings is 2. The van der Waals surface area contributed by atoms with Gasteiger partial charge in [0.05, 0.1) is 31.0 Å². The molecule has 0 saturated heterocycles. The van der Waals surface area contributed by atoms with Gasteiger partial charge in [-0.1, -0.05) is 0 Å². The second kappa shape index (κ2) is 6.67. The fourth-order valence-corrected chi connectivity index (χ4v) is 2.47. The van der Waals surface area contributed by atoms with Gasteiger partial charge in [-0.15, -0.1) is 0 Å². The monoisotopic (exact) mass is 374 g/mol. The Balaban J connectivity index is 2.32. The average Bonchev–Trinajstić information content (AvgIpc) is 3.29. The Bertz CT molecular complexity index is 1070. The van der Waals surface area contributed by atoms with Crippen molar-refractivity contribution in [3.63, 3.8) is 0 Å². The number of esters is 1. The highest BCUT2D eigenvalue weighted by Gasteiger charge is 2.30. The van der Waals surface area contributed by atoms with Gasteiger partial charge in [0, 0.05) is 0 Å². The van der Waals surface area contributed by atoms with E-state index in [-0.39, 0.29) is 33.9 Å². The van der Waals surface area contributed by atoms with Crippen LogP contribution in [0.1, 0.15) is 16.1 Å². The number of hydrogen-bond acceptors (Lipinski definition) is 10. The van der Waals surface area contributed by atoms with Gasteiger partial charge in [0.15, 0.2) is 5.82 Å². The minimum absolute atomic E-state index is 0.0492. The lowest BCUT2D eigenvalue weighted by molar-refractivity contribution is -0.401. The predicted molar refractivity (Wildman–Crippen MR) is 86.8 cm³/mol. The number of aromatic nitrogens is 2. The van der Waals surface area contributed by atoms with E-state index in [0.29, 0.717) is 0 Å². The highest BCUT2D eigenvalue weighted by atomic mass is 16.7. The molecule has 3 aromatic heterocycles. The summed E-state index contributed by atoms with van der Waals surface area (Å²) in [5, 5.41) is 22.3. The Labute approximate surface area is 149 Å². The third-order valence-corrected chi connectivity index (χ3v) is 3.60. The molecule has 0 radical (unpaired) electrons. The van der Waals surface area contributed by atoms with Crippen LogP contribution < -0.4 is 0 Å². The zero-order valence-electron chi connectivity index (χ0n) is 13.9. The molecule has 0 aliphatic heterocycles. The predicted octanol–water partition coefficient (Wildman–Crippen LogP) is 2.91. The first-order valence-electron chi connectivity index (χ1n) is 7.26. The van der Waals surface area contributed by atoms with Crippen LogP contribution in [0.4, 0.5) is 11.8 Å². The largest absolute Gasteiger partial charge is 0.465 e. The molecule has 0 aromatic carbocycles. The van der Waals surface area contributed by atoms with E-state index in [4.69, 9.17) is 13.6 Å². The molecule has 27 heavy (non-hydrogen) atoms. The third kappa shape index (κ3) is 2.99. The zero-order chi connectivity index (χ0) is 19.7. The van der Waals surface area contributed by atoms with Crippen LogP contribution in [0.3, 0.4) is 0 Å². The number of carbonyl (C=O) groups is 1. The fourth-order valence-electron chi connectivity index (χ4n) is 2.47. The average molecular weight is 374 g/mol. The van der Waals surface area contributed by atoms with Crippen molar-refractivity contribution in [2.75, 3.05) is 7.11 Å². The Morgan fingerprint density at radius 3 is 2.15 bits per heavy atom. The minimum atomic E-state index is -0.828. The Hall–Kier alpha value is -4.09. The maximum Gasteiger partial charge on any atom is 0.444 e. The first kappa shape index (κ1) is 17.7. The minimum Gasteiger partial charge on any atom is -0.465 e. The number of carbonyl (C=O) groups excluding carboxylic acids is 1. The van der Waals surface area contributed by atoms with E-state index in [2.05, 4.69) is 9.97 Å². The molecule has 0 atom stereocenters. The van der Waals surface area contributed by atoms with Crippen molar-refractivity contribution in [2.24, 2.45) is 0 Å². The molecule has 3 heterocycles. The van der Waals surface area contributed by atoms with Crippen molar-refractivity contribution in [2.45, 2.75) is 6.92 Å². The van der Waals surface area contributed by atoms with Gasteiger partial charge in [0.2, 0.25) is 0 Å². The summed E-state index contributed by atoms with van der Waals surface area (Å²) in [6, 6.07) is 2.53. The van der Waals surface area contributed by atoms with Gasteiger partial charge in [-0.3, -0.25) is 20.2 Å². The summed E-state index contributed by atoms with van der Waals surface area (Å²) in [4.78, 5) is 41.2. The highest BCUT2D eigenvalue weighted by molar-refractivity contribution is 5.98. The molecule has 3 rings (SSSR count). The van der Waals surface area contributed by atoms with Crippen LogP contribution in [0.2, 0.25) is 0 Å². The first-order valence-corrected chi connectivity index (χ1v) is 7.26. The lowest BCUT2D eigenvalue weighted by Crippen LogP contribution is -2.11. The third-order valence-electron chi connectivity index (χ3n) is 3.60. The van der Waals surface area contributed by atoms with Crippen molar-refractivity contribution >= 4 is 17.7 Å². The van der Waals surface area contributed by atoms with Crippen molar-refractivity contribution in [1.29, 1.82) is 0 Å². The van der Waals surface area contributed by atoms with Crippen molar-refractivity contribution in [3.05, 3.63) is 56.1 Å². The number of methoxy groups -OCH3 is 1. The van der Waals surface area contributed by atoms with Crippen LogP contribution in [0.15, 0.2) is 33.5 Å². The lowest BCUT2D eigenvalue weighted by atomic mass is 10.1. The van der Waals surface area contributed by atoms with E-state index < -0.39 is 27.6 Å². The smallest absolute Gasteiger partial charge is 0.444 e. The maximum atomic E-state index is 12.2. The lowest BCUT2D eigenvalue weighted by Gasteiger charge is -2.10. The molecule has 0 amide bonds. The maximum absolute atomic E-state index is 12.2. The van der Waals surface area contributed by atoms with E-state index >= 15 is 0 Å².